The highest BCUT2D eigenvalue weighted by atomic mass is 79.9. The normalized spacial score (nSPS) is 18.3. The fourth-order valence-electron chi connectivity index (χ4n) is 3.62. The van der Waals surface area contributed by atoms with Crippen LogP contribution >= 0.6 is 17.0 Å². The first-order valence-electron chi connectivity index (χ1n) is 8.70. The molecular weight excluding hydrogens is 346 g/mol. The van der Waals surface area contributed by atoms with E-state index in [-0.39, 0.29) is 17.0 Å². The second kappa shape index (κ2) is 9.89. The zero-order chi connectivity index (χ0) is 15.0. The van der Waals surface area contributed by atoms with Crippen molar-refractivity contribution < 1.29 is 0 Å². The van der Waals surface area contributed by atoms with Crippen LogP contribution in [-0.4, -0.2) is 24.5 Å². The van der Waals surface area contributed by atoms with Crippen LogP contribution in [-0.2, 0) is 12.8 Å². The number of benzene rings is 2. The van der Waals surface area contributed by atoms with Crippen molar-refractivity contribution in [2.45, 2.75) is 32.1 Å². The van der Waals surface area contributed by atoms with Crippen LogP contribution in [0.2, 0.25) is 0 Å². The van der Waals surface area contributed by atoms with Gasteiger partial charge in [0.25, 0.3) is 0 Å². The average Bonchev–Trinajstić information content (AvgIpc) is 2.57. The number of nitrogens with zero attached hydrogens (tertiary/aromatic N) is 1. The lowest BCUT2D eigenvalue weighted by atomic mass is 9.91. The smallest absolute Gasteiger partial charge is 0.00128 e. The molecule has 3 rings (SSSR count). The molecule has 0 N–H and O–H groups in total. The molecule has 1 fully saturated rings. The van der Waals surface area contributed by atoms with Gasteiger partial charge in [-0.25, -0.2) is 0 Å². The van der Waals surface area contributed by atoms with E-state index in [0.29, 0.717) is 0 Å². The molecule has 2 aromatic rings. The van der Waals surface area contributed by atoms with Gasteiger partial charge < -0.3 is 4.90 Å². The van der Waals surface area contributed by atoms with Crippen molar-refractivity contribution in [2.75, 3.05) is 19.6 Å². The third kappa shape index (κ3) is 6.12. The number of hydrogen-bond donors (Lipinski definition) is 0. The minimum Gasteiger partial charge on any atom is -0.303 e. The van der Waals surface area contributed by atoms with Crippen LogP contribution in [0, 0.1) is 5.92 Å². The Labute approximate surface area is 151 Å². The van der Waals surface area contributed by atoms with Crippen LogP contribution in [0.3, 0.4) is 0 Å². The van der Waals surface area contributed by atoms with Gasteiger partial charge in [-0.1, -0.05) is 60.7 Å². The van der Waals surface area contributed by atoms with Crippen LogP contribution < -0.4 is 0 Å². The summed E-state index contributed by atoms with van der Waals surface area (Å²) in [7, 11) is 0. The van der Waals surface area contributed by atoms with E-state index >= 15 is 0 Å². The Morgan fingerprint density at radius 3 is 2.22 bits per heavy atom. The van der Waals surface area contributed by atoms with Gasteiger partial charge in [-0.15, -0.1) is 17.0 Å². The summed E-state index contributed by atoms with van der Waals surface area (Å²) in [6.45, 7) is 3.82. The SMILES string of the molecule is Br.c1ccc(CCCN2CCCC(Cc3ccccc3)C2)cc1. The largest absolute Gasteiger partial charge is 0.303 e. The number of halogens is 1. The van der Waals surface area contributed by atoms with E-state index < -0.39 is 0 Å². The fraction of sp³-hybridized carbons (Fsp3) is 0.429. The quantitative estimate of drug-likeness (QED) is 0.676. The molecule has 1 nitrogen and oxygen atoms in total. The molecule has 1 aliphatic rings. The lowest BCUT2D eigenvalue weighted by Gasteiger charge is -2.32. The summed E-state index contributed by atoms with van der Waals surface area (Å²) in [5.41, 5.74) is 2.97. The molecule has 2 aromatic carbocycles. The topological polar surface area (TPSA) is 3.24 Å². The molecule has 0 radical (unpaired) electrons. The molecule has 0 saturated carbocycles. The number of rotatable bonds is 6. The van der Waals surface area contributed by atoms with E-state index in [1.165, 1.54) is 62.9 Å². The second-order valence-electron chi connectivity index (χ2n) is 6.59. The van der Waals surface area contributed by atoms with Gasteiger partial charge in [-0.2, -0.15) is 0 Å². The molecule has 1 unspecified atom stereocenters. The van der Waals surface area contributed by atoms with Crippen molar-refractivity contribution in [3.05, 3.63) is 71.8 Å². The molecule has 0 spiro atoms. The summed E-state index contributed by atoms with van der Waals surface area (Å²) in [5, 5.41) is 0. The van der Waals surface area contributed by atoms with E-state index in [0.717, 1.165) is 5.92 Å². The third-order valence-electron chi connectivity index (χ3n) is 4.75. The number of hydrogen-bond acceptors (Lipinski definition) is 1. The Morgan fingerprint density at radius 1 is 0.870 bits per heavy atom. The second-order valence-corrected chi connectivity index (χ2v) is 6.59. The van der Waals surface area contributed by atoms with Gasteiger partial charge in [-0.3, -0.25) is 0 Å². The highest BCUT2D eigenvalue weighted by Gasteiger charge is 2.19. The first-order valence-corrected chi connectivity index (χ1v) is 8.70. The molecule has 1 aliphatic heterocycles. The summed E-state index contributed by atoms with van der Waals surface area (Å²) >= 11 is 0. The van der Waals surface area contributed by atoms with Gasteiger partial charge in [0.15, 0.2) is 0 Å². The van der Waals surface area contributed by atoms with Crippen molar-refractivity contribution >= 4 is 17.0 Å². The zero-order valence-electron chi connectivity index (χ0n) is 13.9. The highest BCUT2D eigenvalue weighted by Crippen LogP contribution is 2.21. The summed E-state index contributed by atoms with van der Waals surface area (Å²) in [6.07, 6.45) is 6.49. The van der Waals surface area contributed by atoms with Crippen LogP contribution in [0.5, 0.6) is 0 Å². The van der Waals surface area contributed by atoms with Gasteiger partial charge in [0.1, 0.15) is 0 Å². The molecule has 1 heterocycles. The van der Waals surface area contributed by atoms with Gasteiger partial charge in [-0.05, 0) is 62.2 Å². The van der Waals surface area contributed by atoms with E-state index in [2.05, 4.69) is 65.6 Å². The molecule has 2 heteroatoms. The maximum atomic E-state index is 2.68. The number of likely N-dealkylation sites (tertiary alicyclic amines) is 1. The van der Waals surface area contributed by atoms with E-state index in [1.54, 1.807) is 0 Å². The van der Waals surface area contributed by atoms with Crippen molar-refractivity contribution in [1.82, 2.24) is 4.90 Å². The average molecular weight is 374 g/mol. The lowest BCUT2D eigenvalue weighted by Crippen LogP contribution is -2.37. The third-order valence-corrected chi connectivity index (χ3v) is 4.75. The minimum atomic E-state index is 0. The fourth-order valence-corrected chi connectivity index (χ4v) is 3.62. The predicted molar refractivity (Wildman–Crippen MR) is 104 cm³/mol. The first kappa shape index (κ1) is 18.2. The highest BCUT2D eigenvalue weighted by molar-refractivity contribution is 8.93. The van der Waals surface area contributed by atoms with Gasteiger partial charge in [0.05, 0.1) is 0 Å². The Morgan fingerprint density at radius 2 is 1.52 bits per heavy atom. The Kier molecular flexibility index (Phi) is 7.84. The number of aryl methyl sites for hydroxylation is 1. The van der Waals surface area contributed by atoms with Crippen molar-refractivity contribution in [3.8, 4) is 0 Å². The van der Waals surface area contributed by atoms with Gasteiger partial charge >= 0.3 is 0 Å². The molecule has 1 atom stereocenters. The monoisotopic (exact) mass is 373 g/mol. The van der Waals surface area contributed by atoms with Crippen LogP contribution in [0.15, 0.2) is 60.7 Å². The summed E-state index contributed by atoms with van der Waals surface area (Å²) in [4.78, 5) is 2.68. The molecular formula is C21H28BrN. The van der Waals surface area contributed by atoms with E-state index in [4.69, 9.17) is 0 Å². The van der Waals surface area contributed by atoms with Crippen molar-refractivity contribution in [3.63, 3.8) is 0 Å². The molecule has 0 aromatic heterocycles. The molecule has 23 heavy (non-hydrogen) atoms. The molecule has 124 valence electrons. The van der Waals surface area contributed by atoms with Crippen LogP contribution in [0.25, 0.3) is 0 Å². The lowest BCUT2D eigenvalue weighted by molar-refractivity contribution is 0.172. The molecule has 0 bridgehead atoms. The number of piperidine rings is 1. The Bertz CT molecular complexity index is 540. The van der Waals surface area contributed by atoms with E-state index in [1.807, 2.05) is 0 Å². The van der Waals surface area contributed by atoms with Crippen molar-refractivity contribution in [1.29, 1.82) is 0 Å². The minimum absolute atomic E-state index is 0. The molecule has 0 aliphatic carbocycles. The molecule has 1 saturated heterocycles. The van der Waals surface area contributed by atoms with Crippen LogP contribution in [0.4, 0.5) is 0 Å². The maximum Gasteiger partial charge on any atom is 0.00128 e. The van der Waals surface area contributed by atoms with E-state index in [9.17, 15) is 0 Å². The standard InChI is InChI=1S/C21H27N.BrH/c1-3-9-19(10-4-1)13-7-15-22-16-8-14-21(18-22)17-20-11-5-2-6-12-20;/h1-6,9-12,21H,7-8,13-18H2;1H. The summed E-state index contributed by atoms with van der Waals surface area (Å²) in [5.74, 6) is 0.841. The predicted octanol–water partition coefficient (Wildman–Crippen LogP) is 5.15. The Balaban J connectivity index is 0.00000192. The summed E-state index contributed by atoms with van der Waals surface area (Å²) < 4.78 is 0. The summed E-state index contributed by atoms with van der Waals surface area (Å²) in [6, 6.07) is 21.9. The zero-order valence-corrected chi connectivity index (χ0v) is 15.6. The molecule has 0 amide bonds. The van der Waals surface area contributed by atoms with Gasteiger partial charge in [0, 0.05) is 6.54 Å². The van der Waals surface area contributed by atoms with Crippen LogP contribution in [0.1, 0.15) is 30.4 Å². The Hall–Kier alpha value is -1.12. The maximum absolute atomic E-state index is 2.68. The van der Waals surface area contributed by atoms with Crippen molar-refractivity contribution in [2.24, 2.45) is 5.92 Å². The first-order chi connectivity index (χ1) is 10.9. The van der Waals surface area contributed by atoms with Gasteiger partial charge in [0.2, 0.25) is 0 Å².